The normalized spacial score (nSPS) is 10.9. The molecular formula is C25H29Cl4NO4. The molecule has 9 heteroatoms. The van der Waals surface area contributed by atoms with Crippen molar-refractivity contribution < 1.29 is 19.4 Å². The number of benzene rings is 2. The van der Waals surface area contributed by atoms with Crippen LogP contribution >= 0.6 is 46.4 Å². The SMILES string of the molecule is CCCCCCCCCCOc1ccc(N(C)C(=O)c2c(Cl)c(Cl)c(Cl)c(Cl)c2C(=O)O)cc1. The average Bonchev–Trinajstić information content (AvgIpc) is 2.83. The Hall–Kier alpha value is -1.66. The van der Waals surface area contributed by atoms with Gasteiger partial charge in [-0.15, -0.1) is 0 Å². The highest BCUT2D eigenvalue weighted by Gasteiger charge is 2.30. The van der Waals surface area contributed by atoms with Gasteiger partial charge in [0.25, 0.3) is 5.91 Å². The van der Waals surface area contributed by atoms with Crippen molar-refractivity contribution in [3.8, 4) is 5.75 Å². The van der Waals surface area contributed by atoms with E-state index < -0.39 is 17.4 Å². The molecule has 2 aromatic rings. The van der Waals surface area contributed by atoms with E-state index in [0.29, 0.717) is 18.0 Å². The summed E-state index contributed by atoms with van der Waals surface area (Å²) in [6.07, 6.45) is 9.81. The number of carboxylic acid groups (broad SMARTS) is 1. The summed E-state index contributed by atoms with van der Waals surface area (Å²) in [7, 11) is 1.50. The molecule has 1 amide bonds. The van der Waals surface area contributed by atoms with Gasteiger partial charge in [-0.05, 0) is 30.7 Å². The van der Waals surface area contributed by atoms with Crippen LogP contribution in [0.5, 0.6) is 5.75 Å². The molecule has 34 heavy (non-hydrogen) atoms. The lowest BCUT2D eigenvalue weighted by Crippen LogP contribution is -2.28. The van der Waals surface area contributed by atoms with E-state index in [1.54, 1.807) is 24.3 Å². The van der Waals surface area contributed by atoms with Crippen LogP contribution < -0.4 is 9.64 Å². The standard InChI is InChI=1S/C25H29Cl4NO4/c1-3-4-5-6-7-8-9-10-15-34-17-13-11-16(12-14-17)30(2)24(31)18-19(25(32)33)21(27)23(29)22(28)20(18)26/h11-14H,3-10,15H2,1-2H3,(H,32,33). The molecule has 0 spiro atoms. The molecule has 186 valence electrons. The van der Waals surface area contributed by atoms with Crippen molar-refractivity contribution in [2.75, 3.05) is 18.6 Å². The zero-order valence-electron chi connectivity index (χ0n) is 19.3. The zero-order chi connectivity index (χ0) is 25.3. The molecule has 0 heterocycles. The summed E-state index contributed by atoms with van der Waals surface area (Å²) >= 11 is 24.3. The Morgan fingerprint density at radius 1 is 0.794 bits per heavy atom. The molecule has 0 saturated carbocycles. The summed E-state index contributed by atoms with van der Waals surface area (Å²) in [6, 6.07) is 6.92. The van der Waals surface area contributed by atoms with Crippen LogP contribution in [-0.4, -0.2) is 30.6 Å². The minimum atomic E-state index is -1.44. The molecule has 0 radical (unpaired) electrons. The number of carbonyl (C=O) groups is 2. The Labute approximate surface area is 220 Å². The van der Waals surface area contributed by atoms with Gasteiger partial charge in [0, 0.05) is 12.7 Å². The van der Waals surface area contributed by atoms with E-state index in [1.807, 2.05) is 0 Å². The average molecular weight is 549 g/mol. The monoisotopic (exact) mass is 547 g/mol. The first-order valence-corrected chi connectivity index (χ1v) is 12.8. The van der Waals surface area contributed by atoms with E-state index in [9.17, 15) is 14.7 Å². The number of anilines is 1. The number of hydrogen-bond donors (Lipinski definition) is 1. The molecule has 0 aliphatic heterocycles. The molecule has 0 bridgehead atoms. The van der Waals surface area contributed by atoms with Crippen LogP contribution in [0.1, 0.15) is 79.0 Å². The fraction of sp³-hybridized carbons (Fsp3) is 0.440. The van der Waals surface area contributed by atoms with Crippen LogP contribution in [0.25, 0.3) is 0 Å². The van der Waals surface area contributed by atoms with Gasteiger partial charge in [0.05, 0.1) is 37.8 Å². The fourth-order valence-corrected chi connectivity index (χ4v) is 4.52. The number of aromatic carboxylic acids is 1. The summed E-state index contributed by atoms with van der Waals surface area (Å²) in [5.74, 6) is -1.43. The Bertz CT molecular complexity index is 996. The second-order valence-electron chi connectivity index (χ2n) is 7.99. The maximum Gasteiger partial charge on any atom is 0.338 e. The summed E-state index contributed by atoms with van der Waals surface area (Å²) in [4.78, 5) is 26.2. The third kappa shape index (κ3) is 7.42. The van der Waals surface area contributed by atoms with E-state index in [4.69, 9.17) is 51.1 Å². The second-order valence-corrected chi connectivity index (χ2v) is 9.50. The summed E-state index contributed by atoms with van der Waals surface area (Å²) in [6.45, 7) is 2.85. The minimum absolute atomic E-state index is 0.181. The van der Waals surface area contributed by atoms with Gasteiger partial charge in [-0.2, -0.15) is 0 Å². The van der Waals surface area contributed by atoms with Gasteiger partial charge < -0.3 is 14.7 Å². The minimum Gasteiger partial charge on any atom is -0.494 e. The van der Waals surface area contributed by atoms with Crippen molar-refractivity contribution in [2.24, 2.45) is 0 Å². The molecule has 1 N–H and O–H groups in total. The molecule has 0 atom stereocenters. The number of ether oxygens (including phenoxy) is 1. The van der Waals surface area contributed by atoms with Gasteiger partial charge in [0.2, 0.25) is 0 Å². The highest BCUT2D eigenvalue weighted by molar-refractivity contribution is 6.54. The quantitative estimate of drug-likeness (QED) is 0.154. The molecule has 5 nitrogen and oxygen atoms in total. The van der Waals surface area contributed by atoms with Gasteiger partial charge >= 0.3 is 5.97 Å². The lowest BCUT2D eigenvalue weighted by atomic mass is 10.1. The molecule has 0 saturated heterocycles. The van der Waals surface area contributed by atoms with Crippen LogP contribution in [0.2, 0.25) is 20.1 Å². The molecule has 0 aliphatic rings. The predicted molar refractivity (Wildman–Crippen MR) is 141 cm³/mol. The Kier molecular flexibility index (Phi) is 11.8. The number of rotatable bonds is 13. The van der Waals surface area contributed by atoms with Gasteiger partial charge in [-0.25, -0.2) is 4.79 Å². The number of carboxylic acids is 1. The first kappa shape index (κ1) is 28.6. The second kappa shape index (κ2) is 14.0. The number of carbonyl (C=O) groups excluding carboxylic acids is 1. The lowest BCUT2D eigenvalue weighted by Gasteiger charge is -2.21. The molecule has 2 rings (SSSR count). The summed E-state index contributed by atoms with van der Waals surface area (Å²) in [5.41, 5.74) is -0.312. The Morgan fingerprint density at radius 3 is 1.82 bits per heavy atom. The van der Waals surface area contributed by atoms with Crippen molar-refractivity contribution >= 4 is 64.0 Å². The van der Waals surface area contributed by atoms with Crippen molar-refractivity contribution in [3.63, 3.8) is 0 Å². The van der Waals surface area contributed by atoms with Crippen molar-refractivity contribution in [1.82, 2.24) is 0 Å². The smallest absolute Gasteiger partial charge is 0.338 e. The zero-order valence-corrected chi connectivity index (χ0v) is 22.3. The van der Waals surface area contributed by atoms with Gasteiger partial charge in [-0.3, -0.25) is 4.79 Å². The van der Waals surface area contributed by atoms with E-state index in [1.165, 1.54) is 50.5 Å². The number of nitrogens with zero attached hydrogens (tertiary/aromatic N) is 1. The first-order valence-electron chi connectivity index (χ1n) is 11.3. The topological polar surface area (TPSA) is 66.8 Å². The van der Waals surface area contributed by atoms with Gasteiger partial charge in [0.1, 0.15) is 5.75 Å². The van der Waals surface area contributed by atoms with Crippen LogP contribution in [-0.2, 0) is 0 Å². The number of amides is 1. The van der Waals surface area contributed by atoms with Gasteiger partial charge in [-0.1, -0.05) is 98.3 Å². The molecular weight excluding hydrogens is 520 g/mol. The van der Waals surface area contributed by atoms with Crippen LogP contribution in [0.4, 0.5) is 5.69 Å². The van der Waals surface area contributed by atoms with Crippen LogP contribution in [0.15, 0.2) is 24.3 Å². The van der Waals surface area contributed by atoms with E-state index >= 15 is 0 Å². The predicted octanol–water partition coefficient (Wildman–Crippen LogP) is 8.79. The third-order valence-corrected chi connectivity index (χ3v) is 7.29. The molecule has 0 fully saturated rings. The molecule has 2 aromatic carbocycles. The largest absolute Gasteiger partial charge is 0.494 e. The number of unbranched alkanes of at least 4 members (excludes halogenated alkanes) is 7. The summed E-state index contributed by atoms with van der Waals surface area (Å²) < 4.78 is 5.79. The summed E-state index contributed by atoms with van der Waals surface area (Å²) in [5, 5.41) is 8.57. The number of halogens is 4. The van der Waals surface area contributed by atoms with Crippen LogP contribution in [0.3, 0.4) is 0 Å². The van der Waals surface area contributed by atoms with Crippen molar-refractivity contribution in [1.29, 1.82) is 0 Å². The number of hydrogen-bond acceptors (Lipinski definition) is 3. The highest BCUT2D eigenvalue weighted by Crippen LogP contribution is 2.42. The fourth-order valence-electron chi connectivity index (χ4n) is 3.51. The van der Waals surface area contributed by atoms with Crippen LogP contribution in [0, 0.1) is 0 Å². The van der Waals surface area contributed by atoms with Gasteiger partial charge in [0.15, 0.2) is 0 Å². The molecule has 0 aliphatic carbocycles. The Morgan fingerprint density at radius 2 is 1.29 bits per heavy atom. The maximum atomic E-state index is 13.1. The lowest BCUT2D eigenvalue weighted by molar-refractivity contribution is 0.0692. The third-order valence-electron chi connectivity index (χ3n) is 5.49. The Balaban J connectivity index is 1.99. The first-order chi connectivity index (χ1) is 16.2. The maximum absolute atomic E-state index is 13.1. The molecule has 0 aromatic heterocycles. The van der Waals surface area contributed by atoms with E-state index in [-0.39, 0.29) is 25.7 Å². The van der Waals surface area contributed by atoms with Crippen molar-refractivity contribution in [3.05, 3.63) is 55.5 Å². The highest BCUT2D eigenvalue weighted by atomic mass is 35.5. The van der Waals surface area contributed by atoms with E-state index in [0.717, 1.165) is 12.8 Å². The van der Waals surface area contributed by atoms with Crippen molar-refractivity contribution in [2.45, 2.75) is 58.3 Å². The van der Waals surface area contributed by atoms with E-state index in [2.05, 4.69) is 6.92 Å². The molecule has 0 unspecified atom stereocenters.